The van der Waals surface area contributed by atoms with Crippen molar-refractivity contribution in [3.63, 3.8) is 0 Å². The first-order valence-corrected chi connectivity index (χ1v) is 24.1. The maximum absolute atomic E-state index is 7.07. The van der Waals surface area contributed by atoms with E-state index in [0.717, 1.165) is 46.1 Å². The molecule has 2 aliphatic rings. The lowest BCUT2D eigenvalue weighted by molar-refractivity contribution is 0.418. The lowest BCUT2D eigenvalue weighted by Gasteiger charge is -2.37. The standard InChI is InChI=1S/C59H54O2Si/c1-9-41-29-33-49-53(35-41)61-57-51(59(49,7)8)32-28-40(4)55(57)43-19-17-25-47(37-43)62(44-20-12-10-13-21-44,45-22-14-11-15-23-45)46-24-16-18-42(36-46)54-39(3)27-31-50-56(54)60-52-34-38(2)26-30-48(52)58(50,5)6/h10-37H,9H2,1-8H3. The summed E-state index contributed by atoms with van der Waals surface area (Å²) in [6.45, 7) is 18.1. The highest BCUT2D eigenvalue weighted by atomic mass is 28.3. The molecule has 306 valence electrons. The van der Waals surface area contributed by atoms with Gasteiger partial charge in [-0.2, -0.15) is 0 Å². The Kier molecular flexibility index (Phi) is 9.53. The van der Waals surface area contributed by atoms with Crippen LogP contribution in [-0.2, 0) is 17.3 Å². The van der Waals surface area contributed by atoms with Crippen LogP contribution in [0.3, 0.4) is 0 Å². The minimum absolute atomic E-state index is 0.224. The van der Waals surface area contributed by atoms with Gasteiger partial charge in [0.15, 0.2) is 8.07 Å². The van der Waals surface area contributed by atoms with Gasteiger partial charge in [0.05, 0.1) is 0 Å². The quantitative estimate of drug-likeness (QED) is 0.118. The number of ether oxygens (including phenoxy) is 2. The first-order chi connectivity index (χ1) is 29.9. The summed E-state index contributed by atoms with van der Waals surface area (Å²) in [5, 5.41) is 5.30. The van der Waals surface area contributed by atoms with Gasteiger partial charge in [0.2, 0.25) is 0 Å². The lowest BCUT2D eigenvalue weighted by Crippen LogP contribution is -2.74. The van der Waals surface area contributed by atoms with Gasteiger partial charge in [-0.25, -0.2) is 0 Å². The Labute approximate surface area is 368 Å². The maximum atomic E-state index is 7.07. The second-order valence-corrected chi connectivity index (χ2v) is 22.4. The zero-order chi connectivity index (χ0) is 43.0. The van der Waals surface area contributed by atoms with Crippen molar-refractivity contribution in [3.8, 4) is 45.3 Å². The van der Waals surface area contributed by atoms with Gasteiger partial charge >= 0.3 is 0 Å². The molecule has 0 spiro atoms. The fraction of sp³-hybridized carbons (Fsp3) is 0.186. The number of fused-ring (bicyclic) bond motifs is 4. The Balaban J connectivity index is 1.21. The van der Waals surface area contributed by atoms with Crippen molar-refractivity contribution in [2.45, 2.75) is 72.6 Å². The predicted octanol–water partition coefficient (Wildman–Crippen LogP) is 12.7. The monoisotopic (exact) mass is 822 g/mol. The van der Waals surface area contributed by atoms with E-state index >= 15 is 0 Å². The summed E-state index contributed by atoms with van der Waals surface area (Å²) in [5.41, 5.74) is 13.9. The van der Waals surface area contributed by atoms with E-state index in [0.29, 0.717) is 0 Å². The number of hydrogen-bond donors (Lipinski definition) is 0. The second kappa shape index (κ2) is 14.9. The highest BCUT2D eigenvalue weighted by Gasteiger charge is 2.43. The first kappa shape index (κ1) is 39.7. The summed E-state index contributed by atoms with van der Waals surface area (Å²) in [4.78, 5) is 0. The molecule has 0 amide bonds. The molecule has 2 heterocycles. The molecule has 0 saturated heterocycles. The second-order valence-electron chi connectivity index (χ2n) is 18.5. The Morgan fingerprint density at radius 1 is 0.419 bits per heavy atom. The van der Waals surface area contributed by atoms with Gasteiger partial charge in [0.25, 0.3) is 0 Å². The minimum atomic E-state index is -3.01. The smallest absolute Gasteiger partial charge is 0.179 e. The van der Waals surface area contributed by atoms with E-state index in [1.807, 2.05) is 0 Å². The minimum Gasteiger partial charge on any atom is -0.456 e. The summed E-state index contributed by atoms with van der Waals surface area (Å²) >= 11 is 0. The molecule has 0 atom stereocenters. The molecule has 2 aliphatic heterocycles. The molecule has 10 rings (SSSR count). The first-order valence-electron chi connectivity index (χ1n) is 22.1. The third-order valence-electron chi connectivity index (χ3n) is 14.0. The van der Waals surface area contributed by atoms with Crippen molar-refractivity contribution in [3.05, 3.63) is 214 Å². The highest BCUT2D eigenvalue weighted by molar-refractivity contribution is 7.20. The molecule has 0 unspecified atom stereocenters. The molecule has 0 aromatic heterocycles. The van der Waals surface area contributed by atoms with Crippen molar-refractivity contribution in [2.24, 2.45) is 0 Å². The zero-order valence-corrected chi connectivity index (χ0v) is 38.2. The number of hydrogen-bond acceptors (Lipinski definition) is 2. The van der Waals surface area contributed by atoms with Crippen molar-refractivity contribution >= 4 is 28.8 Å². The average molecular weight is 823 g/mol. The van der Waals surface area contributed by atoms with Crippen molar-refractivity contribution < 1.29 is 9.47 Å². The zero-order valence-electron chi connectivity index (χ0n) is 37.2. The van der Waals surface area contributed by atoms with E-state index in [9.17, 15) is 0 Å². The SMILES string of the molecule is CCc1ccc2c(c1)Oc1c(ccc(C)c1-c1cccc([Si](c3ccccc3)(c3ccccc3)c3cccc(-c4c(C)ccc5c4Oc4cc(C)ccc4C5(C)C)c3)c1)C2(C)C. The van der Waals surface area contributed by atoms with Crippen LogP contribution >= 0.6 is 0 Å². The largest absolute Gasteiger partial charge is 0.456 e. The maximum Gasteiger partial charge on any atom is 0.179 e. The van der Waals surface area contributed by atoms with Crippen LogP contribution in [0, 0.1) is 20.8 Å². The van der Waals surface area contributed by atoms with Crippen LogP contribution in [0.1, 0.15) is 79.1 Å². The fourth-order valence-corrected chi connectivity index (χ4v) is 15.4. The van der Waals surface area contributed by atoms with E-state index in [4.69, 9.17) is 9.47 Å². The Hall–Kier alpha value is -6.42. The third kappa shape index (κ3) is 6.12. The van der Waals surface area contributed by atoms with Crippen LogP contribution < -0.4 is 30.2 Å². The number of rotatable bonds is 7. The summed E-state index contributed by atoms with van der Waals surface area (Å²) in [6, 6.07) is 63.8. The van der Waals surface area contributed by atoms with Crippen LogP contribution in [0.2, 0.25) is 0 Å². The van der Waals surface area contributed by atoms with Gasteiger partial charge in [-0.15, -0.1) is 0 Å². The molecule has 0 saturated carbocycles. The summed E-state index contributed by atoms with van der Waals surface area (Å²) in [5.74, 6) is 3.83. The topological polar surface area (TPSA) is 18.5 Å². The van der Waals surface area contributed by atoms with E-state index in [1.54, 1.807) is 0 Å². The van der Waals surface area contributed by atoms with Crippen molar-refractivity contribution in [1.29, 1.82) is 0 Å². The Morgan fingerprint density at radius 3 is 1.34 bits per heavy atom. The van der Waals surface area contributed by atoms with Crippen molar-refractivity contribution in [1.82, 2.24) is 0 Å². The molecule has 2 nitrogen and oxygen atoms in total. The summed E-state index contributed by atoms with van der Waals surface area (Å²) in [6.07, 6.45) is 0.963. The lowest BCUT2D eigenvalue weighted by atomic mass is 9.74. The van der Waals surface area contributed by atoms with Gasteiger partial charge in [-0.1, -0.05) is 192 Å². The molecular weight excluding hydrogens is 769 g/mol. The van der Waals surface area contributed by atoms with Gasteiger partial charge in [0.1, 0.15) is 23.0 Å². The van der Waals surface area contributed by atoms with Gasteiger partial charge in [0, 0.05) is 44.2 Å². The molecule has 0 N–H and O–H groups in total. The molecule has 8 aromatic carbocycles. The van der Waals surface area contributed by atoms with E-state index in [1.165, 1.54) is 70.8 Å². The normalized spacial score (nSPS) is 14.4. The number of benzene rings is 8. The molecule has 0 fully saturated rings. The van der Waals surface area contributed by atoms with Crippen LogP contribution in [0.15, 0.2) is 170 Å². The molecule has 3 heteroatoms. The van der Waals surface area contributed by atoms with Crippen LogP contribution in [0.5, 0.6) is 23.0 Å². The number of aryl methyl sites for hydroxylation is 4. The molecule has 8 aromatic rings. The Bertz CT molecular complexity index is 2990. The molecule has 0 bridgehead atoms. The highest BCUT2D eigenvalue weighted by Crippen LogP contribution is 2.54. The Morgan fingerprint density at radius 2 is 0.855 bits per heavy atom. The van der Waals surface area contributed by atoms with Crippen molar-refractivity contribution in [2.75, 3.05) is 0 Å². The molecule has 62 heavy (non-hydrogen) atoms. The predicted molar refractivity (Wildman–Crippen MR) is 262 cm³/mol. The third-order valence-corrected chi connectivity index (χ3v) is 18.8. The summed E-state index contributed by atoms with van der Waals surface area (Å²) in [7, 11) is -3.01. The van der Waals surface area contributed by atoms with Gasteiger partial charge < -0.3 is 9.47 Å². The van der Waals surface area contributed by atoms with Gasteiger partial charge in [-0.3, -0.25) is 0 Å². The van der Waals surface area contributed by atoms with Crippen LogP contribution in [0.4, 0.5) is 0 Å². The van der Waals surface area contributed by atoms with E-state index in [-0.39, 0.29) is 10.8 Å². The average Bonchev–Trinajstić information content (AvgIpc) is 3.27. The van der Waals surface area contributed by atoms with E-state index < -0.39 is 8.07 Å². The van der Waals surface area contributed by atoms with E-state index in [2.05, 4.69) is 225 Å². The molecule has 0 aliphatic carbocycles. The molecule has 0 radical (unpaired) electrons. The fourth-order valence-electron chi connectivity index (χ4n) is 10.6. The van der Waals surface area contributed by atoms with Crippen LogP contribution in [0.25, 0.3) is 22.3 Å². The summed E-state index contributed by atoms with van der Waals surface area (Å²) < 4.78 is 14.1. The molecular formula is C59H54O2Si. The van der Waals surface area contributed by atoms with Gasteiger partial charge in [-0.05, 0) is 93.5 Å². The van der Waals surface area contributed by atoms with Crippen LogP contribution in [-0.4, -0.2) is 8.07 Å².